The zero-order valence-electron chi connectivity index (χ0n) is 13.8. The molecular weight excluding hydrogens is 469 g/mol. The van der Waals surface area contributed by atoms with Crippen molar-refractivity contribution in [2.24, 2.45) is 0 Å². The van der Waals surface area contributed by atoms with Crippen molar-refractivity contribution < 1.29 is 71.0 Å². The molecule has 0 saturated heterocycles. The summed E-state index contributed by atoms with van der Waals surface area (Å²) in [5.41, 5.74) is -11.8. The summed E-state index contributed by atoms with van der Waals surface area (Å²) in [5.74, 6) is -19.4. The average molecular weight is 476 g/mol. The van der Waals surface area contributed by atoms with Crippen molar-refractivity contribution in [2.45, 2.75) is 49.3 Å². The molecule has 0 aliphatic rings. The van der Waals surface area contributed by atoms with Crippen molar-refractivity contribution in [1.82, 2.24) is 0 Å². The van der Waals surface area contributed by atoms with Crippen molar-refractivity contribution >= 4 is 0 Å². The molecule has 0 saturated carbocycles. The van der Waals surface area contributed by atoms with Crippen molar-refractivity contribution in [3.63, 3.8) is 0 Å². The van der Waals surface area contributed by atoms with E-state index in [2.05, 4.69) is 0 Å². The number of alkyl halides is 15. The van der Waals surface area contributed by atoms with E-state index in [0.717, 1.165) is 0 Å². The lowest BCUT2D eigenvalue weighted by Crippen LogP contribution is -2.40. The third-order valence-corrected chi connectivity index (χ3v) is 3.70. The molecular formula is C14H7F15O. The van der Waals surface area contributed by atoms with Gasteiger partial charge >= 0.3 is 36.3 Å². The highest BCUT2D eigenvalue weighted by Crippen LogP contribution is 2.54. The minimum Gasteiger partial charge on any atom is -0.389 e. The SMILES string of the molecule is CC(O)c1c(C(F)(F)C(F)(F)F)cc(C(F)(F)C(F)(F)F)cc1C(F)(F)C(F)(F)F. The van der Waals surface area contributed by atoms with Gasteiger partial charge in [0.15, 0.2) is 0 Å². The first-order chi connectivity index (χ1) is 12.9. The molecule has 0 heterocycles. The molecule has 0 aliphatic carbocycles. The van der Waals surface area contributed by atoms with Crippen LogP contribution in [0.1, 0.15) is 35.3 Å². The fourth-order valence-corrected chi connectivity index (χ4v) is 2.27. The predicted molar refractivity (Wildman–Crippen MR) is 66.9 cm³/mol. The number of aliphatic hydroxyl groups excluding tert-OH is 1. The predicted octanol–water partition coefficient (Wildman–Crippen LogP) is 6.70. The Balaban J connectivity index is 4.26. The lowest BCUT2D eigenvalue weighted by atomic mass is 9.86. The summed E-state index contributed by atoms with van der Waals surface area (Å²) in [4.78, 5) is 0. The molecule has 0 spiro atoms. The van der Waals surface area contributed by atoms with Crippen LogP contribution >= 0.6 is 0 Å². The largest absolute Gasteiger partial charge is 0.458 e. The normalized spacial score (nSPS) is 16.0. The Labute approximate surface area is 156 Å². The zero-order valence-corrected chi connectivity index (χ0v) is 13.8. The Kier molecular flexibility index (Phi) is 6.18. The van der Waals surface area contributed by atoms with Crippen LogP contribution in [-0.4, -0.2) is 23.6 Å². The molecule has 0 aromatic heterocycles. The molecule has 1 rings (SSSR count). The molecule has 0 fully saturated rings. The Hall–Kier alpha value is -1.87. The van der Waals surface area contributed by atoms with Crippen LogP contribution in [0.15, 0.2) is 12.1 Å². The highest BCUT2D eigenvalue weighted by molar-refractivity contribution is 5.47. The number of aliphatic hydroxyl groups is 1. The van der Waals surface area contributed by atoms with E-state index in [1.54, 1.807) is 0 Å². The first-order valence-electron chi connectivity index (χ1n) is 7.11. The molecule has 0 radical (unpaired) electrons. The fraction of sp³-hybridized carbons (Fsp3) is 0.571. The molecule has 0 bridgehead atoms. The van der Waals surface area contributed by atoms with Crippen molar-refractivity contribution in [2.75, 3.05) is 0 Å². The van der Waals surface area contributed by atoms with Gasteiger partial charge < -0.3 is 5.11 Å². The molecule has 174 valence electrons. The van der Waals surface area contributed by atoms with E-state index >= 15 is 0 Å². The summed E-state index contributed by atoms with van der Waals surface area (Å²) in [5, 5.41) is 9.29. The Morgan fingerprint density at radius 1 is 0.567 bits per heavy atom. The van der Waals surface area contributed by atoms with Crippen LogP contribution in [0.25, 0.3) is 0 Å². The quantitative estimate of drug-likeness (QED) is 0.480. The van der Waals surface area contributed by atoms with Crippen LogP contribution in [0.2, 0.25) is 0 Å². The Morgan fingerprint density at radius 3 is 1.03 bits per heavy atom. The first kappa shape index (κ1) is 26.2. The lowest BCUT2D eigenvalue weighted by Gasteiger charge is -2.31. The second-order valence-corrected chi connectivity index (χ2v) is 5.88. The monoisotopic (exact) mass is 476 g/mol. The second kappa shape index (κ2) is 7.09. The van der Waals surface area contributed by atoms with Gasteiger partial charge in [-0.05, 0) is 24.6 Å². The molecule has 1 aromatic carbocycles. The molecule has 1 unspecified atom stereocenters. The van der Waals surface area contributed by atoms with Crippen LogP contribution in [0.4, 0.5) is 65.9 Å². The Bertz CT molecular complexity index is 735. The molecule has 0 aliphatic heterocycles. The summed E-state index contributed by atoms with van der Waals surface area (Å²) in [7, 11) is 0. The molecule has 1 nitrogen and oxygen atoms in total. The smallest absolute Gasteiger partial charge is 0.389 e. The van der Waals surface area contributed by atoms with Crippen LogP contribution in [0, 0.1) is 0 Å². The summed E-state index contributed by atoms with van der Waals surface area (Å²) >= 11 is 0. The van der Waals surface area contributed by atoms with Crippen molar-refractivity contribution in [3.05, 3.63) is 34.4 Å². The average Bonchev–Trinajstić information content (AvgIpc) is 2.49. The molecule has 16 heteroatoms. The highest BCUT2D eigenvalue weighted by atomic mass is 19.4. The summed E-state index contributed by atoms with van der Waals surface area (Å²) in [6.45, 7) is 0.128. The standard InChI is InChI=1S/C14H7F15O/c1-4(30)8-6(10(17,18)13(24,25)26)2-5(9(15,16)12(21,22)23)3-7(8)11(19,20)14(27,28)29/h2-4,30H,1H3. The van der Waals surface area contributed by atoms with Crippen LogP contribution in [0.5, 0.6) is 0 Å². The number of hydrogen-bond donors (Lipinski definition) is 1. The van der Waals surface area contributed by atoms with E-state index in [0.29, 0.717) is 0 Å². The van der Waals surface area contributed by atoms with Crippen LogP contribution in [-0.2, 0) is 17.8 Å². The maximum Gasteiger partial charge on any atom is 0.458 e. The maximum atomic E-state index is 13.7. The lowest BCUT2D eigenvalue weighted by molar-refractivity contribution is -0.296. The van der Waals surface area contributed by atoms with Gasteiger partial charge in [0.25, 0.3) is 0 Å². The number of hydrogen-bond acceptors (Lipinski definition) is 1. The van der Waals surface area contributed by atoms with E-state index in [1.807, 2.05) is 0 Å². The van der Waals surface area contributed by atoms with Gasteiger partial charge in [0.05, 0.1) is 6.10 Å². The molecule has 0 amide bonds. The Morgan fingerprint density at radius 2 is 0.833 bits per heavy atom. The van der Waals surface area contributed by atoms with Gasteiger partial charge in [-0.2, -0.15) is 65.9 Å². The molecule has 1 N–H and O–H groups in total. The summed E-state index contributed by atoms with van der Waals surface area (Å²) < 4.78 is 195. The molecule has 1 aromatic rings. The van der Waals surface area contributed by atoms with Gasteiger partial charge in [-0.1, -0.05) is 0 Å². The minimum absolute atomic E-state index is 0.128. The van der Waals surface area contributed by atoms with Gasteiger partial charge in [0, 0.05) is 16.7 Å². The van der Waals surface area contributed by atoms with Gasteiger partial charge in [-0.3, -0.25) is 0 Å². The highest BCUT2D eigenvalue weighted by Gasteiger charge is 2.66. The van der Waals surface area contributed by atoms with Crippen molar-refractivity contribution in [1.29, 1.82) is 0 Å². The third kappa shape index (κ3) is 4.14. The number of rotatable bonds is 4. The van der Waals surface area contributed by atoms with E-state index in [1.165, 1.54) is 0 Å². The zero-order chi connectivity index (χ0) is 24.3. The molecule has 1 atom stereocenters. The fourth-order valence-electron chi connectivity index (χ4n) is 2.27. The number of halogens is 15. The van der Waals surface area contributed by atoms with Gasteiger partial charge in [0.2, 0.25) is 0 Å². The second-order valence-electron chi connectivity index (χ2n) is 5.88. The molecule has 30 heavy (non-hydrogen) atoms. The number of benzene rings is 1. The van der Waals surface area contributed by atoms with Gasteiger partial charge in [0.1, 0.15) is 0 Å². The topological polar surface area (TPSA) is 20.2 Å². The maximum absolute atomic E-state index is 13.7. The van der Waals surface area contributed by atoms with E-state index in [-0.39, 0.29) is 6.92 Å². The third-order valence-electron chi connectivity index (χ3n) is 3.70. The summed E-state index contributed by atoms with van der Waals surface area (Å²) in [6.07, 6.45) is -23.4. The van der Waals surface area contributed by atoms with Gasteiger partial charge in [-0.15, -0.1) is 0 Å². The van der Waals surface area contributed by atoms with Crippen LogP contribution in [0.3, 0.4) is 0 Å². The van der Waals surface area contributed by atoms with E-state index in [4.69, 9.17) is 0 Å². The minimum atomic E-state index is -6.83. The van der Waals surface area contributed by atoms with E-state index < -0.39 is 76.8 Å². The van der Waals surface area contributed by atoms with Crippen molar-refractivity contribution in [3.8, 4) is 0 Å². The first-order valence-corrected chi connectivity index (χ1v) is 7.11. The van der Waals surface area contributed by atoms with E-state index in [9.17, 15) is 71.0 Å². The summed E-state index contributed by atoms with van der Waals surface area (Å²) in [6, 6.07) is -2.45. The van der Waals surface area contributed by atoms with Crippen LogP contribution < -0.4 is 0 Å². The van der Waals surface area contributed by atoms with Gasteiger partial charge in [-0.25, -0.2) is 0 Å².